The summed E-state index contributed by atoms with van der Waals surface area (Å²) in [6.45, 7) is 3.46. The SMILES string of the molecule is COc1ccc(C[C@@H](C(=O)N2CC(OCCCCO)(c3ccccc3C)C2)C(CC(N)=O)c2cnc[nH]2)cc1. The Hall–Kier alpha value is -3.69. The zero-order chi connectivity index (χ0) is 27.8. The second-order valence-corrected chi connectivity index (χ2v) is 10.2. The number of aliphatic hydroxyl groups excluding tert-OH is 1. The predicted molar refractivity (Wildman–Crippen MR) is 147 cm³/mol. The number of carbonyl (C=O) groups excluding carboxylic acids is 2. The first-order chi connectivity index (χ1) is 18.9. The highest BCUT2D eigenvalue weighted by Crippen LogP contribution is 2.41. The van der Waals surface area contributed by atoms with Crippen molar-refractivity contribution in [2.45, 2.75) is 44.1 Å². The Bertz CT molecular complexity index is 1220. The van der Waals surface area contributed by atoms with Crippen molar-refractivity contribution in [3.05, 3.63) is 83.4 Å². The Kier molecular flexibility index (Phi) is 9.37. The highest BCUT2D eigenvalue weighted by molar-refractivity contribution is 5.83. The number of methoxy groups -OCH3 is 1. The third-order valence-electron chi connectivity index (χ3n) is 7.53. The zero-order valence-corrected chi connectivity index (χ0v) is 22.6. The van der Waals surface area contributed by atoms with E-state index < -0.39 is 23.3 Å². The number of aryl methyl sites for hydroxylation is 1. The standard InChI is InChI=1S/C30H38N4O5/c1-21-7-3-4-8-26(21)30(39-14-6-5-13-35)18-34(19-30)29(37)25(15-22-9-11-23(38-2)12-10-22)24(16-28(31)36)27-17-32-20-33-27/h3-4,7-12,17,20,24-25,35H,5-6,13-16,18-19H2,1-2H3,(H2,31,36)(H,32,33)/t24?,25-/m1/s1. The molecule has 0 bridgehead atoms. The van der Waals surface area contributed by atoms with Crippen LogP contribution in [0.25, 0.3) is 0 Å². The summed E-state index contributed by atoms with van der Waals surface area (Å²) in [5.41, 5.74) is 8.86. The van der Waals surface area contributed by atoms with Gasteiger partial charge in [0.2, 0.25) is 11.8 Å². The van der Waals surface area contributed by atoms with E-state index in [0.717, 1.165) is 28.9 Å². The average Bonchev–Trinajstić information content (AvgIpc) is 3.45. The van der Waals surface area contributed by atoms with Crippen LogP contribution >= 0.6 is 0 Å². The van der Waals surface area contributed by atoms with Crippen molar-refractivity contribution in [2.75, 3.05) is 33.4 Å². The van der Waals surface area contributed by atoms with E-state index in [4.69, 9.17) is 15.2 Å². The number of primary amides is 1. The predicted octanol–water partition coefficient (Wildman–Crippen LogP) is 3.07. The Balaban J connectivity index is 1.61. The summed E-state index contributed by atoms with van der Waals surface area (Å²) in [6.07, 6.45) is 5.04. The van der Waals surface area contributed by atoms with Gasteiger partial charge in [0.05, 0.1) is 32.4 Å². The third kappa shape index (κ3) is 6.66. The smallest absolute Gasteiger partial charge is 0.226 e. The molecule has 0 radical (unpaired) electrons. The van der Waals surface area contributed by atoms with E-state index in [2.05, 4.69) is 16.0 Å². The van der Waals surface area contributed by atoms with Gasteiger partial charge in [-0.15, -0.1) is 0 Å². The molecule has 1 aliphatic rings. The number of carbonyl (C=O) groups is 2. The largest absolute Gasteiger partial charge is 0.497 e. The Labute approximate surface area is 229 Å². The molecular formula is C30H38N4O5. The lowest BCUT2D eigenvalue weighted by atomic mass is 9.78. The van der Waals surface area contributed by atoms with Crippen molar-refractivity contribution in [2.24, 2.45) is 11.7 Å². The van der Waals surface area contributed by atoms with Gasteiger partial charge >= 0.3 is 0 Å². The summed E-state index contributed by atoms with van der Waals surface area (Å²) in [4.78, 5) is 35.3. The van der Waals surface area contributed by atoms with Crippen LogP contribution in [0, 0.1) is 12.8 Å². The molecule has 0 spiro atoms. The fourth-order valence-electron chi connectivity index (χ4n) is 5.44. The van der Waals surface area contributed by atoms with Gasteiger partial charge < -0.3 is 30.2 Å². The molecule has 2 amide bonds. The lowest BCUT2D eigenvalue weighted by Gasteiger charge is -2.51. The van der Waals surface area contributed by atoms with Gasteiger partial charge in [-0.25, -0.2) is 4.98 Å². The molecule has 1 aliphatic heterocycles. The van der Waals surface area contributed by atoms with Crippen LogP contribution in [0.15, 0.2) is 61.1 Å². The fourth-order valence-corrected chi connectivity index (χ4v) is 5.44. The van der Waals surface area contributed by atoms with Gasteiger partial charge in [-0.3, -0.25) is 9.59 Å². The number of benzene rings is 2. The molecule has 2 heterocycles. The molecule has 1 unspecified atom stereocenters. The van der Waals surface area contributed by atoms with Crippen molar-refractivity contribution in [1.82, 2.24) is 14.9 Å². The molecule has 2 aromatic carbocycles. The summed E-state index contributed by atoms with van der Waals surface area (Å²) >= 11 is 0. The highest BCUT2D eigenvalue weighted by Gasteiger charge is 2.50. The number of imidazole rings is 1. The number of aromatic amines is 1. The maximum absolute atomic E-state index is 14.2. The topological polar surface area (TPSA) is 131 Å². The van der Waals surface area contributed by atoms with E-state index in [-0.39, 0.29) is 18.9 Å². The van der Waals surface area contributed by atoms with Crippen molar-refractivity contribution in [3.63, 3.8) is 0 Å². The molecule has 2 atom stereocenters. The van der Waals surface area contributed by atoms with Gasteiger partial charge in [-0.05, 0) is 55.0 Å². The number of nitrogens with zero attached hydrogens (tertiary/aromatic N) is 2. The Morgan fingerprint density at radius 1 is 1.15 bits per heavy atom. The van der Waals surface area contributed by atoms with Gasteiger partial charge in [0, 0.05) is 37.4 Å². The van der Waals surface area contributed by atoms with Crippen LogP contribution in [0.3, 0.4) is 0 Å². The monoisotopic (exact) mass is 534 g/mol. The number of aromatic nitrogens is 2. The minimum Gasteiger partial charge on any atom is -0.497 e. The Morgan fingerprint density at radius 3 is 2.51 bits per heavy atom. The molecule has 3 aromatic rings. The molecule has 4 N–H and O–H groups in total. The summed E-state index contributed by atoms with van der Waals surface area (Å²) in [7, 11) is 1.61. The van der Waals surface area contributed by atoms with Crippen LogP contribution in [0.4, 0.5) is 0 Å². The molecule has 9 heteroatoms. The van der Waals surface area contributed by atoms with Crippen molar-refractivity contribution in [1.29, 1.82) is 0 Å². The summed E-state index contributed by atoms with van der Waals surface area (Å²) in [5, 5.41) is 9.19. The minimum atomic E-state index is -0.617. The molecule has 1 fully saturated rings. The highest BCUT2D eigenvalue weighted by atomic mass is 16.5. The van der Waals surface area contributed by atoms with Crippen LogP contribution in [-0.2, 0) is 26.3 Å². The number of nitrogens with one attached hydrogen (secondary N) is 1. The van der Waals surface area contributed by atoms with Crippen LogP contribution in [-0.4, -0.2) is 65.2 Å². The Morgan fingerprint density at radius 2 is 1.90 bits per heavy atom. The number of rotatable bonds is 14. The van der Waals surface area contributed by atoms with Crippen LogP contribution in [0.1, 0.15) is 47.6 Å². The van der Waals surface area contributed by atoms with E-state index in [9.17, 15) is 14.7 Å². The van der Waals surface area contributed by atoms with Crippen LogP contribution in [0.2, 0.25) is 0 Å². The molecule has 0 aliphatic carbocycles. The molecule has 1 saturated heterocycles. The van der Waals surface area contributed by atoms with Gasteiger partial charge in [-0.2, -0.15) is 0 Å². The molecule has 1 aromatic heterocycles. The molecule has 4 rings (SSSR count). The molecular weight excluding hydrogens is 496 g/mol. The number of hydrogen-bond donors (Lipinski definition) is 3. The summed E-state index contributed by atoms with van der Waals surface area (Å²) in [5.74, 6) is -0.816. The first-order valence-electron chi connectivity index (χ1n) is 13.4. The fraction of sp³-hybridized carbons (Fsp3) is 0.433. The molecule has 208 valence electrons. The van der Waals surface area contributed by atoms with Crippen molar-refractivity contribution < 1.29 is 24.2 Å². The minimum absolute atomic E-state index is 0.0171. The van der Waals surface area contributed by atoms with Gasteiger partial charge in [0.15, 0.2) is 0 Å². The number of amides is 2. The maximum Gasteiger partial charge on any atom is 0.226 e. The second kappa shape index (κ2) is 12.9. The maximum atomic E-state index is 14.2. The molecule has 39 heavy (non-hydrogen) atoms. The molecule has 0 saturated carbocycles. The van der Waals surface area contributed by atoms with E-state index in [1.165, 1.54) is 0 Å². The first kappa shape index (κ1) is 28.3. The number of nitrogens with two attached hydrogens (primary N) is 1. The number of unbranched alkanes of at least 4 members (excludes halogenated alkanes) is 1. The number of aliphatic hydroxyl groups is 1. The van der Waals surface area contributed by atoms with E-state index >= 15 is 0 Å². The quantitative estimate of drug-likeness (QED) is 0.273. The number of likely N-dealkylation sites (tertiary alicyclic amines) is 1. The van der Waals surface area contributed by atoms with Crippen LogP contribution in [0.5, 0.6) is 5.75 Å². The van der Waals surface area contributed by atoms with E-state index in [1.54, 1.807) is 19.6 Å². The number of hydrogen-bond acceptors (Lipinski definition) is 6. The van der Waals surface area contributed by atoms with E-state index in [0.29, 0.717) is 38.2 Å². The summed E-state index contributed by atoms with van der Waals surface area (Å²) < 4.78 is 11.7. The van der Waals surface area contributed by atoms with E-state index in [1.807, 2.05) is 54.3 Å². The van der Waals surface area contributed by atoms with Gasteiger partial charge in [0.25, 0.3) is 0 Å². The van der Waals surface area contributed by atoms with Crippen molar-refractivity contribution >= 4 is 11.8 Å². The van der Waals surface area contributed by atoms with Crippen molar-refractivity contribution in [3.8, 4) is 5.75 Å². The van der Waals surface area contributed by atoms with Gasteiger partial charge in [0.1, 0.15) is 11.4 Å². The lowest BCUT2D eigenvalue weighted by molar-refractivity contribution is -0.177. The lowest BCUT2D eigenvalue weighted by Crippen LogP contribution is -2.64. The first-order valence-corrected chi connectivity index (χ1v) is 13.4. The molecule has 9 nitrogen and oxygen atoms in total. The normalized spacial score (nSPS) is 15.8. The van der Waals surface area contributed by atoms with Gasteiger partial charge in [-0.1, -0.05) is 36.4 Å². The second-order valence-electron chi connectivity index (χ2n) is 10.2. The summed E-state index contributed by atoms with van der Waals surface area (Å²) in [6, 6.07) is 15.7. The van der Waals surface area contributed by atoms with Crippen LogP contribution < -0.4 is 10.5 Å². The number of ether oxygens (including phenoxy) is 2. The third-order valence-corrected chi connectivity index (χ3v) is 7.53. The average molecular weight is 535 g/mol. The number of H-pyrrole nitrogens is 1. The zero-order valence-electron chi connectivity index (χ0n) is 22.6.